The maximum atomic E-state index is 13.1. The Morgan fingerprint density at radius 2 is 2.11 bits per heavy atom. The molecule has 1 saturated heterocycles. The highest BCUT2D eigenvalue weighted by Crippen LogP contribution is 2.31. The van der Waals surface area contributed by atoms with E-state index in [0.717, 1.165) is 29.7 Å². The lowest BCUT2D eigenvalue weighted by molar-refractivity contribution is 0.143. The van der Waals surface area contributed by atoms with Gasteiger partial charge >= 0.3 is 0 Å². The molecule has 2 nitrogen and oxygen atoms in total. The summed E-state index contributed by atoms with van der Waals surface area (Å²) in [6, 6.07) is 5.26. The molecule has 1 aliphatic heterocycles. The van der Waals surface area contributed by atoms with Gasteiger partial charge < -0.3 is 5.73 Å². The predicted octanol–water partition coefficient (Wildman–Crippen LogP) is 3.32. The van der Waals surface area contributed by atoms with Gasteiger partial charge in [0, 0.05) is 10.5 Å². The van der Waals surface area contributed by atoms with Crippen molar-refractivity contribution in [1.82, 2.24) is 4.90 Å². The molecule has 0 bridgehead atoms. The third kappa shape index (κ3) is 3.11. The first kappa shape index (κ1) is 14.0. The highest BCUT2D eigenvalue weighted by atomic mass is 79.9. The molecule has 18 heavy (non-hydrogen) atoms. The van der Waals surface area contributed by atoms with Gasteiger partial charge in [0.1, 0.15) is 5.82 Å². The van der Waals surface area contributed by atoms with E-state index in [4.69, 9.17) is 5.73 Å². The van der Waals surface area contributed by atoms with Crippen molar-refractivity contribution in [3.8, 4) is 0 Å². The third-order valence-electron chi connectivity index (χ3n) is 3.94. The minimum Gasteiger partial charge on any atom is -0.330 e. The summed E-state index contributed by atoms with van der Waals surface area (Å²) in [7, 11) is 0. The van der Waals surface area contributed by atoms with E-state index in [-0.39, 0.29) is 5.82 Å². The van der Waals surface area contributed by atoms with Crippen molar-refractivity contribution in [2.24, 2.45) is 11.7 Å². The van der Waals surface area contributed by atoms with Crippen LogP contribution < -0.4 is 5.73 Å². The van der Waals surface area contributed by atoms with E-state index in [1.165, 1.54) is 18.9 Å². The number of piperidine rings is 1. The lowest BCUT2D eigenvalue weighted by Crippen LogP contribution is -2.37. The van der Waals surface area contributed by atoms with Crippen molar-refractivity contribution in [2.75, 3.05) is 19.6 Å². The van der Waals surface area contributed by atoms with E-state index < -0.39 is 0 Å². The molecule has 0 amide bonds. The Hall–Kier alpha value is -0.450. The molecule has 1 unspecified atom stereocenters. The fraction of sp³-hybridized carbons (Fsp3) is 0.571. The maximum Gasteiger partial charge on any atom is 0.124 e. The molecule has 0 saturated carbocycles. The minimum atomic E-state index is -0.195. The Bertz CT molecular complexity index is 403. The van der Waals surface area contributed by atoms with E-state index >= 15 is 0 Å². The molecule has 1 aromatic carbocycles. The van der Waals surface area contributed by atoms with Gasteiger partial charge in [-0.1, -0.05) is 22.0 Å². The van der Waals surface area contributed by atoms with Crippen LogP contribution in [0.15, 0.2) is 22.7 Å². The van der Waals surface area contributed by atoms with E-state index in [9.17, 15) is 4.39 Å². The number of rotatable bonds is 3. The number of hydrogen-bond donors (Lipinski definition) is 1. The van der Waals surface area contributed by atoms with Gasteiger partial charge in [0.25, 0.3) is 0 Å². The van der Waals surface area contributed by atoms with Crippen LogP contribution in [0, 0.1) is 11.7 Å². The molecule has 0 aromatic heterocycles. The van der Waals surface area contributed by atoms with Gasteiger partial charge in [0.2, 0.25) is 0 Å². The van der Waals surface area contributed by atoms with Crippen molar-refractivity contribution < 1.29 is 4.39 Å². The van der Waals surface area contributed by atoms with Gasteiger partial charge in [-0.25, -0.2) is 4.39 Å². The van der Waals surface area contributed by atoms with Gasteiger partial charge in [0.05, 0.1) is 0 Å². The summed E-state index contributed by atoms with van der Waals surface area (Å²) in [4.78, 5) is 2.45. The van der Waals surface area contributed by atoms with Gasteiger partial charge in [-0.3, -0.25) is 4.90 Å². The molecule has 100 valence electrons. The fourth-order valence-electron chi connectivity index (χ4n) is 2.61. The monoisotopic (exact) mass is 314 g/mol. The molecule has 2 rings (SSSR count). The Morgan fingerprint density at radius 1 is 1.44 bits per heavy atom. The lowest BCUT2D eigenvalue weighted by atomic mass is 9.95. The minimum absolute atomic E-state index is 0.195. The highest BCUT2D eigenvalue weighted by Gasteiger charge is 2.23. The molecular weight excluding hydrogens is 295 g/mol. The van der Waals surface area contributed by atoms with Crippen molar-refractivity contribution in [3.05, 3.63) is 34.1 Å². The summed E-state index contributed by atoms with van der Waals surface area (Å²) < 4.78 is 14.0. The van der Waals surface area contributed by atoms with E-state index in [0.29, 0.717) is 12.0 Å². The first-order valence-corrected chi connectivity index (χ1v) is 7.30. The molecule has 2 N–H and O–H groups in total. The number of halogens is 2. The first-order chi connectivity index (χ1) is 8.61. The van der Waals surface area contributed by atoms with E-state index in [1.54, 1.807) is 6.07 Å². The van der Waals surface area contributed by atoms with Crippen LogP contribution in [-0.4, -0.2) is 24.5 Å². The van der Waals surface area contributed by atoms with Crippen LogP contribution in [0.1, 0.15) is 31.4 Å². The van der Waals surface area contributed by atoms with E-state index in [2.05, 4.69) is 27.8 Å². The average molecular weight is 315 g/mol. The molecule has 0 radical (unpaired) electrons. The van der Waals surface area contributed by atoms with Crippen LogP contribution in [0.25, 0.3) is 0 Å². The van der Waals surface area contributed by atoms with Crippen LogP contribution in [-0.2, 0) is 0 Å². The molecule has 1 heterocycles. The van der Waals surface area contributed by atoms with Crippen molar-refractivity contribution in [2.45, 2.75) is 25.8 Å². The SMILES string of the molecule is CC(c1ccc(F)cc1Br)N1CCC(CN)CC1. The number of nitrogens with two attached hydrogens (primary N) is 1. The zero-order chi connectivity index (χ0) is 13.1. The third-order valence-corrected chi connectivity index (χ3v) is 4.63. The summed E-state index contributed by atoms with van der Waals surface area (Å²) in [6.45, 7) is 5.13. The quantitative estimate of drug-likeness (QED) is 0.927. The summed E-state index contributed by atoms with van der Waals surface area (Å²) in [5.41, 5.74) is 6.86. The second-order valence-electron chi connectivity index (χ2n) is 5.06. The van der Waals surface area contributed by atoms with Crippen molar-refractivity contribution >= 4 is 15.9 Å². The van der Waals surface area contributed by atoms with E-state index in [1.807, 2.05) is 6.07 Å². The van der Waals surface area contributed by atoms with Gasteiger partial charge in [-0.05, 0) is 63.0 Å². The smallest absolute Gasteiger partial charge is 0.124 e. The summed E-state index contributed by atoms with van der Waals surface area (Å²) in [6.07, 6.45) is 2.33. The molecule has 4 heteroatoms. The van der Waals surface area contributed by atoms with Crippen molar-refractivity contribution in [3.63, 3.8) is 0 Å². The van der Waals surface area contributed by atoms with Gasteiger partial charge in [-0.2, -0.15) is 0 Å². The van der Waals surface area contributed by atoms with Crippen LogP contribution in [0.3, 0.4) is 0 Å². The Balaban J connectivity index is 2.05. The Labute approximate surface area is 116 Å². The van der Waals surface area contributed by atoms with Crippen LogP contribution in [0.5, 0.6) is 0 Å². The topological polar surface area (TPSA) is 29.3 Å². The number of likely N-dealkylation sites (tertiary alicyclic amines) is 1. The zero-order valence-electron chi connectivity index (χ0n) is 10.7. The Morgan fingerprint density at radius 3 is 2.67 bits per heavy atom. The molecule has 1 aromatic rings. The second-order valence-corrected chi connectivity index (χ2v) is 5.91. The zero-order valence-corrected chi connectivity index (χ0v) is 12.3. The summed E-state index contributed by atoms with van der Waals surface area (Å²) >= 11 is 3.45. The predicted molar refractivity (Wildman–Crippen MR) is 75.9 cm³/mol. The Kier molecular flexibility index (Phi) is 4.76. The summed E-state index contributed by atoms with van der Waals surface area (Å²) in [5, 5.41) is 0. The molecule has 0 spiro atoms. The van der Waals surface area contributed by atoms with Gasteiger partial charge in [0.15, 0.2) is 0 Å². The second kappa shape index (κ2) is 6.13. The molecular formula is C14H20BrFN2. The highest BCUT2D eigenvalue weighted by molar-refractivity contribution is 9.10. The number of hydrogen-bond acceptors (Lipinski definition) is 2. The molecule has 1 fully saturated rings. The number of benzene rings is 1. The van der Waals surface area contributed by atoms with Crippen LogP contribution in [0.2, 0.25) is 0 Å². The molecule has 0 aliphatic carbocycles. The normalized spacial score (nSPS) is 20.0. The van der Waals surface area contributed by atoms with Crippen LogP contribution in [0.4, 0.5) is 4.39 Å². The standard InChI is InChI=1S/C14H20BrFN2/c1-10(13-3-2-12(16)8-14(13)15)18-6-4-11(9-17)5-7-18/h2-3,8,10-11H,4-7,9,17H2,1H3. The molecule has 1 aliphatic rings. The summed E-state index contributed by atoms with van der Waals surface area (Å²) in [5.74, 6) is 0.477. The maximum absolute atomic E-state index is 13.1. The fourth-order valence-corrected chi connectivity index (χ4v) is 3.30. The molecule has 1 atom stereocenters. The largest absolute Gasteiger partial charge is 0.330 e. The number of nitrogens with zero attached hydrogens (tertiary/aromatic N) is 1. The average Bonchev–Trinajstić information content (AvgIpc) is 2.38. The first-order valence-electron chi connectivity index (χ1n) is 6.51. The van der Waals surface area contributed by atoms with Gasteiger partial charge in [-0.15, -0.1) is 0 Å². The van der Waals surface area contributed by atoms with Crippen molar-refractivity contribution in [1.29, 1.82) is 0 Å². The van der Waals surface area contributed by atoms with Crippen LogP contribution >= 0.6 is 15.9 Å². The lowest BCUT2D eigenvalue weighted by Gasteiger charge is -2.36.